The molecule has 20 heavy (non-hydrogen) atoms. The molecule has 0 aliphatic heterocycles. The van der Waals surface area contributed by atoms with Gasteiger partial charge >= 0.3 is 0 Å². The first kappa shape index (κ1) is 15.1. The zero-order valence-corrected chi connectivity index (χ0v) is 12.5. The van der Waals surface area contributed by atoms with Gasteiger partial charge in [0.1, 0.15) is 0 Å². The highest BCUT2D eigenvalue weighted by Crippen LogP contribution is 2.27. The molecule has 5 nitrogen and oxygen atoms in total. The normalized spacial score (nSPS) is 11.3. The van der Waals surface area contributed by atoms with Crippen LogP contribution in [-0.2, 0) is 16.6 Å². The molecule has 0 atom stereocenters. The Morgan fingerprint density at radius 1 is 1.20 bits per heavy atom. The van der Waals surface area contributed by atoms with E-state index >= 15 is 0 Å². The summed E-state index contributed by atoms with van der Waals surface area (Å²) in [7, 11) is -3.82. The van der Waals surface area contributed by atoms with Crippen LogP contribution in [0.1, 0.15) is 5.56 Å². The Hall–Kier alpha value is -1.34. The van der Waals surface area contributed by atoms with Crippen molar-refractivity contribution in [2.45, 2.75) is 11.6 Å². The summed E-state index contributed by atoms with van der Waals surface area (Å²) < 4.78 is 26.7. The fourth-order valence-corrected chi connectivity index (χ4v) is 2.86. The molecule has 0 saturated carbocycles. The lowest BCUT2D eigenvalue weighted by atomic mass is 10.3. The fourth-order valence-electron chi connectivity index (χ4n) is 1.46. The maximum absolute atomic E-state index is 12.2. The van der Waals surface area contributed by atoms with E-state index in [2.05, 4.69) is 9.71 Å². The minimum atomic E-state index is -3.82. The van der Waals surface area contributed by atoms with Crippen LogP contribution in [0.5, 0.6) is 0 Å². The Bertz CT molecular complexity index is 718. The number of halogens is 2. The van der Waals surface area contributed by atoms with E-state index < -0.39 is 10.0 Å². The number of nitrogens with one attached hydrogen (secondary N) is 1. The summed E-state index contributed by atoms with van der Waals surface area (Å²) in [6, 6.07) is 7.47. The molecule has 106 valence electrons. The van der Waals surface area contributed by atoms with Gasteiger partial charge in [0, 0.05) is 17.8 Å². The molecule has 0 fully saturated rings. The fraction of sp³-hybridized carbons (Fsp3) is 0.0833. The van der Waals surface area contributed by atoms with Gasteiger partial charge in [-0.1, -0.05) is 29.3 Å². The van der Waals surface area contributed by atoms with Crippen LogP contribution in [0.25, 0.3) is 0 Å². The van der Waals surface area contributed by atoms with Gasteiger partial charge in [0.05, 0.1) is 10.7 Å². The Morgan fingerprint density at radius 2 is 1.95 bits per heavy atom. The van der Waals surface area contributed by atoms with Crippen LogP contribution >= 0.6 is 23.2 Å². The third-order valence-electron chi connectivity index (χ3n) is 2.48. The van der Waals surface area contributed by atoms with E-state index in [4.69, 9.17) is 28.9 Å². The summed E-state index contributed by atoms with van der Waals surface area (Å²) in [4.78, 5) is 3.86. The smallest absolute Gasteiger partial charge is 0.279 e. The first-order valence-corrected chi connectivity index (χ1v) is 7.79. The lowest BCUT2D eigenvalue weighted by Gasteiger charge is -2.09. The molecule has 0 saturated heterocycles. The van der Waals surface area contributed by atoms with Crippen molar-refractivity contribution in [2.75, 3.05) is 4.72 Å². The predicted octanol–water partition coefficient (Wildman–Crippen LogP) is 2.65. The van der Waals surface area contributed by atoms with E-state index in [1.54, 1.807) is 12.1 Å². The Kier molecular flexibility index (Phi) is 4.49. The van der Waals surface area contributed by atoms with E-state index in [-0.39, 0.29) is 15.7 Å². The van der Waals surface area contributed by atoms with Crippen molar-refractivity contribution in [2.24, 2.45) is 5.73 Å². The number of hydrogen-bond acceptors (Lipinski definition) is 4. The average molecular weight is 332 g/mol. The second-order valence-corrected chi connectivity index (χ2v) is 6.41. The highest BCUT2D eigenvalue weighted by Gasteiger charge is 2.17. The number of nitrogens with zero attached hydrogens (tertiary/aromatic N) is 1. The van der Waals surface area contributed by atoms with Crippen LogP contribution in [0.3, 0.4) is 0 Å². The molecule has 8 heteroatoms. The van der Waals surface area contributed by atoms with E-state index in [0.29, 0.717) is 11.6 Å². The quantitative estimate of drug-likeness (QED) is 0.901. The summed E-state index contributed by atoms with van der Waals surface area (Å²) in [5.41, 5.74) is 6.37. The van der Waals surface area contributed by atoms with Gasteiger partial charge in [-0.2, -0.15) is 8.42 Å². The van der Waals surface area contributed by atoms with Crippen molar-refractivity contribution in [3.8, 4) is 0 Å². The van der Waals surface area contributed by atoms with Crippen LogP contribution in [0, 0.1) is 0 Å². The lowest BCUT2D eigenvalue weighted by molar-refractivity contribution is 0.597. The molecular weight excluding hydrogens is 321 g/mol. The van der Waals surface area contributed by atoms with Gasteiger partial charge in [-0.25, -0.2) is 4.98 Å². The summed E-state index contributed by atoms with van der Waals surface area (Å²) >= 11 is 11.7. The third kappa shape index (κ3) is 3.40. The topological polar surface area (TPSA) is 85.1 Å². The van der Waals surface area contributed by atoms with Crippen LogP contribution < -0.4 is 10.5 Å². The zero-order valence-electron chi connectivity index (χ0n) is 10.2. The van der Waals surface area contributed by atoms with Crippen molar-refractivity contribution in [1.82, 2.24) is 4.98 Å². The highest BCUT2D eigenvalue weighted by atomic mass is 35.5. The number of aromatic nitrogens is 1. The largest absolute Gasteiger partial charge is 0.326 e. The molecule has 0 aliphatic carbocycles. The van der Waals surface area contributed by atoms with Gasteiger partial charge < -0.3 is 5.73 Å². The molecular formula is C12H11Cl2N3O2S. The number of benzene rings is 1. The van der Waals surface area contributed by atoms with Gasteiger partial charge in [-0.05, 0) is 29.8 Å². The van der Waals surface area contributed by atoms with Gasteiger partial charge in [-0.15, -0.1) is 0 Å². The van der Waals surface area contributed by atoms with Crippen LogP contribution in [-0.4, -0.2) is 13.4 Å². The van der Waals surface area contributed by atoms with Crippen molar-refractivity contribution >= 4 is 38.9 Å². The minimum absolute atomic E-state index is 0.120. The Labute approximate surface area is 126 Å². The Balaban J connectivity index is 2.32. The van der Waals surface area contributed by atoms with Crippen LogP contribution in [0.15, 0.2) is 41.6 Å². The molecule has 0 aliphatic rings. The predicted molar refractivity (Wildman–Crippen MR) is 79.4 cm³/mol. The molecule has 0 bridgehead atoms. The standard InChI is InChI=1S/C12H11Cl2N3O2S/c13-9-2-3-10(14)11(5-9)17-20(18,19)12-4-1-8(6-15)7-16-12/h1-5,7,17H,6,15H2. The average Bonchev–Trinajstić information content (AvgIpc) is 2.43. The number of rotatable bonds is 4. The van der Waals surface area contributed by atoms with Gasteiger partial charge in [0.25, 0.3) is 10.0 Å². The summed E-state index contributed by atoms with van der Waals surface area (Å²) in [6.07, 6.45) is 1.41. The molecule has 1 heterocycles. The second kappa shape index (κ2) is 5.97. The van der Waals surface area contributed by atoms with E-state index in [0.717, 1.165) is 5.56 Å². The summed E-state index contributed by atoms with van der Waals surface area (Å²) in [5, 5.41) is 0.501. The molecule has 1 aromatic carbocycles. The highest BCUT2D eigenvalue weighted by molar-refractivity contribution is 7.92. The second-order valence-electron chi connectivity index (χ2n) is 3.94. The first-order valence-electron chi connectivity index (χ1n) is 5.55. The molecule has 0 unspecified atom stereocenters. The number of nitrogens with two attached hydrogens (primary N) is 1. The zero-order chi connectivity index (χ0) is 14.8. The van der Waals surface area contributed by atoms with Crippen LogP contribution in [0.2, 0.25) is 10.0 Å². The number of hydrogen-bond donors (Lipinski definition) is 2. The number of anilines is 1. The van der Waals surface area contributed by atoms with E-state index in [9.17, 15) is 8.42 Å². The summed E-state index contributed by atoms with van der Waals surface area (Å²) in [5.74, 6) is 0. The van der Waals surface area contributed by atoms with Gasteiger partial charge in [0.15, 0.2) is 5.03 Å². The Morgan fingerprint density at radius 3 is 2.55 bits per heavy atom. The lowest BCUT2D eigenvalue weighted by Crippen LogP contribution is -2.15. The molecule has 1 aromatic heterocycles. The number of sulfonamides is 1. The minimum Gasteiger partial charge on any atom is -0.326 e. The molecule has 2 rings (SSSR count). The molecule has 0 amide bonds. The maximum atomic E-state index is 12.2. The maximum Gasteiger partial charge on any atom is 0.279 e. The SMILES string of the molecule is NCc1ccc(S(=O)(=O)Nc2cc(Cl)ccc2Cl)nc1. The van der Waals surface area contributed by atoms with Crippen molar-refractivity contribution in [3.63, 3.8) is 0 Å². The van der Waals surface area contributed by atoms with Gasteiger partial charge in [0.2, 0.25) is 0 Å². The molecule has 2 aromatic rings. The van der Waals surface area contributed by atoms with Crippen molar-refractivity contribution in [1.29, 1.82) is 0 Å². The molecule has 3 N–H and O–H groups in total. The monoisotopic (exact) mass is 331 g/mol. The van der Waals surface area contributed by atoms with E-state index in [1.165, 1.54) is 24.4 Å². The first-order chi connectivity index (χ1) is 9.42. The van der Waals surface area contributed by atoms with E-state index in [1.807, 2.05) is 0 Å². The molecule has 0 spiro atoms. The molecule has 0 radical (unpaired) electrons. The van der Waals surface area contributed by atoms with Gasteiger partial charge in [-0.3, -0.25) is 4.72 Å². The summed E-state index contributed by atoms with van der Waals surface area (Å²) in [6.45, 7) is 0.293. The number of pyridine rings is 1. The third-order valence-corrected chi connectivity index (χ3v) is 4.33. The van der Waals surface area contributed by atoms with Crippen LogP contribution in [0.4, 0.5) is 5.69 Å². The van der Waals surface area contributed by atoms with Crippen molar-refractivity contribution < 1.29 is 8.42 Å². The van der Waals surface area contributed by atoms with Crippen molar-refractivity contribution in [3.05, 3.63) is 52.1 Å².